The fraction of sp³-hybridized carbons (Fsp3) is 0.462. The van der Waals surface area contributed by atoms with Crippen molar-refractivity contribution in [1.82, 2.24) is 5.32 Å². The molecule has 4 nitrogen and oxygen atoms in total. The summed E-state index contributed by atoms with van der Waals surface area (Å²) in [6, 6.07) is 0.0834. The average molecular weight is 309 g/mol. The molecule has 1 aromatic rings. The van der Waals surface area contributed by atoms with E-state index in [4.69, 9.17) is 9.84 Å². The van der Waals surface area contributed by atoms with Gasteiger partial charge in [-0.25, -0.2) is 8.78 Å². The van der Waals surface area contributed by atoms with Crippen molar-refractivity contribution in [1.29, 1.82) is 0 Å². The maximum Gasteiger partial charge on any atom is 0.323 e. The van der Waals surface area contributed by atoms with Crippen LogP contribution in [0.15, 0.2) is 6.07 Å². The maximum absolute atomic E-state index is 13.3. The molecule has 0 saturated heterocycles. The molecular formula is C13H15F4NO3. The molecule has 0 fully saturated rings. The Morgan fingerprint density at radius 1 is 1.29 bits per heavy atom. The zero-order valence-corrected chi connectivity index (χ0v) is 11.5. The van der Waals surface area contributed by atoms with Gasteiger partial charge >= 0.3 is 5.97 Å². The highest BCUT2D eigenvalue weighted by Gasteiger charge is 2.30. The van der Waals surface area contributed by atoms with Crippen LogP contribution in [0.4, 0.5) is 17.6 Å². The Morgan fingerprint density at radius 2 is 1.81 bits per heavy atom. The van der Waals surface area contributed by atoms with E-state index in [0.29, 0.717) is 0 Å². The number of halogens is 4. The number of rotatable bonds is 7. The predicted molar refractivity (Wildman–Crippen MR) is 66.1 cm³/mol. The van der Waals surface area contributed by atoms with E-state index in [-0.39, 0.29) is 25.5 Å². The van der Waals surface area contributed by atoms with E-state index in [1.54, 1.807) is 0 Å². The van der Waals surface area contributed by atoms with Crippen molar-refractivity contribution in [2.24, 2.45) is 0 Å². The standard InChI is InChI=1S/C13H15F4NO3/c1-13(18-2,12(19)20)4-3-5-21-11-9(16)7(14)6-8(15)10(11)17/h6,18H,3-5H2,1-2H3,(H,19,20). The summed E-state index contributed by atoms with van der Waals surface area (Å²) < 4.78 is 57.1. The van der Waals surface area contributed by atoms with Gasteiger partial charge in [0, 0.05) is 6.07 Å². The Hall–Kier alpha value is -1.83. The number of likely N-dealkylation sites (N-methyl/N-ethyl adjacent to an activating group) is 1. The molecule has 0 aliphatic rings. The molecule has 0 radical (unpaired) electrons. The van der Waals surface area contributed by atoms with Gasteiger partial charge in [0.05, 0.1) is 6.61 Å². The summed E-state index contributed by atoms with van der Waals surface area (Å²) in [5.41, 5.74) is -1.23. The molecule has 0 spiro atoms. The number of nitrogens with one attached hydrogen (secondary N) is 1. The molecule has 1 rings (SSSR count). The van der Waals surface area contributed by atoms with Gasteiger partial charge in [0.1, 0.15) is 5.54 Å². The molecule has 0 aliphatic carbocycles. The lowest BCUT2D eigenvalue weighted by atomic mass is 9.96. The lowest BCUT2D eigenvalue weighted by Crippen LogP contribution is -2.47. The molecule has 0 heterocycles. The lowest BCUT2D eigenvalue weighted by molar-refractivity contribution is -0.144. The van der Waals surface area contributed by atoms with Crippen LogP contribution in [-0.4, -0.2) is 30.3 Å². The minimum atomic E-state index is -1.62. The minimum absolute atomic E-state index is 0.0834. The van der Waals surface area contributed by atoms with Crippen LogP contribution in [0, 0.1) is 23.3 Å². The number of ether oxygens (including phenoxy) is 1. The predicted octanol–water partition coefficient (Wildman–Crippen LogP) is 2.46. The lowest BCUT2D eigenvalue weighted by Gasteiger charge is -2.23. The first kappa shape index (κ1) is 17.2. The fourth-order valence-electron chi connectivity index (χ4n) is 1.62. The summed E-state index contributed by atoms with van der Waals surface area (Å²) in [4.78, 5) is 11.0. The van der Waals surface area contributed by atoms with Gasteiger partial charge in [0.25, 0.3) is 0 Å². The number of benzene rings is 1. The highest BCUT2D eigenvalue weighted by Crippen LogP contribution is 2.26. The van der Waals surface area contributed by atoms with E-state index in [1.165, 1.54) is 14.0 Å². The monoisotopic (exact) mass is 309 g/mol. The first-order valence-corrected chi connectivity index (χ1v) is 6.11. The van der Waals surface area contributed by atoms with Gasteiger partial charge in [-0.05, 0) is 26.8 Å². The average Bonchev–Trinajstić information content (AvgIpc) is 2.43. The highest BCUT2D eigenvalue weighted by molar-refractivity contribution is 5.78. The minimum Gasteiger partial charge on any atom is -0.487 e. The quantitative estimate of drug-likeness (QED) is 0.461. The van der Waals surface area contributed by atoms with Crippen molar-refractivity contribution in [3.63, 3.8) is 0 Å². The summed E-state index contributed by atoms with van der Waals surface area (Å²) >= 11 is 0. The zero-order chi connectivity index (χ0) is 16.2. The third-order valence-corrected chi connectivity index (χ3v) is 3.16. The zero-order valence-electron chi connectivity index (χ0n) is 11.5. The van der Waals surface area contributed by atoms with Gasteiger partial charge in [-0.1, -0.05) is 0 Å². The number of aliphatic carboxylic acids is 1. The molecule has 0 saturated carbocycles. The summed E-state index contributed by atoms with van der Waals surface area (Å²) in [5, 5.41) is 11.6. The van der Waals surface area contributed by atoms with Gasteiger partial charge in [0.15, 0.2) is 17.4 Å². The van der Waals surface area contributed by atoms with Crippen LogP contribution in [-0.2, 0) is 4.79 Å². The first-order valence-electron chi connectivity index (χ1n) is 6.11. The third kappa shape index (κ3) is 3.84. The Morgan fingerprint density at radius 3 is 2.24 bits per heavy atom. The van der Waals surface area contributed by atoms with Crippen LogP contribution in [0.3, 0.4) is 0 Å². The molecule has 0 aliphatic heterocycles. The SMILES string of the molecule is CNC(C)(CCCOc1c(F)c(F)cc(F)c1F)C(=O)O. The maximum atomic E-state index is 13.3. The molecule has 118 valence electrons. The van der Waals surface area contributed by atoms with E-state index in [1.807, 2.05) is 0 Å². The van der Waals surface area contributed by atoms with Crippen molar-refractivity contribution in [3.8, 4) is 5.75 Å². The van der Waals surface area contributed by atoms with E-state index in [2.05, 4.69) is 5.32 Å². The molecule has 21 heavy (non-hydrogen) atoms. The molecular weight excluding hydrogens is 294 g/mol. The Bertz CT molecular complexity index is 512. The summed E-state index contributed by atoms with van der Waals surface area (Å²) in [7, 11) is 1.45. The van der Waals surface area contributed by atoms with Crippen molar-refractivity contribution in [3.05, 3.63) is 29.3 Å². The van der Waals surface area contributed by atoms with E-state index < -0.39 is 40.5 Å². The summed E-state index contributed by atoms with van der Waals surface area (Å²) in [6.07, 6.45) is 0.209. The Labute approximate surface area is 118 Å². The van der Waals surface area contributed by atoms with Crippen LogP contribution >= 0.6 is 0 Å². The van der Waals surface area contributed by atoms with Crippen LogP contribution in [0.5, 0.6) is 5.75 Å². The third-order valence-electron chi connectivity index (χ3n) is 3.16. The summed E-state index contributed by atoms with van der Waals surface area (Å²) in [6.45, 7) is 1.14. The molecule has 0 amide bonds. The smallest absolute Gasteiger partial charge is 0.323 e. The topological polar surface area (TPSA) is 58.6 Å². The summed E-state index contributed by atoms with van der Waals surface area (Å²) in [5.74, 6) is -8.61. The number of carboxylic acids is 1. The van der Waals surface area contributed by atoms with Crippen molar-refractivity contribution >= 4 is 5.97 Å². The molecule has 8 heteroatoms. The molecule has 1 aromatic carbocycles. The highest BCUT2D eigenvalue weighted by atomic mass is 19.2. The van der Waals surface area contributed by atoms with Crippen LogP contribution < -0.4 is 10.1 Å². The molecule has 0 aromatic heterocycles. The number of hydrogen-bond donors (Lipinski definition) is 2. The number of hydrogen-bond acceptors (Lipinski definition) is 3. The van der Waals surface area contributed by atoms with Gasteiger partial charge in [-0.2, -0.15) is 8.78 Å². The second-order valence-corrected chi connectivity index (χ2v) is 4.64. The number of carboxylic acid groups (broad SMARTS) is 1. The Balaban J connectivity index is 2.68. The van der Waals surface area contributed by atoms with E-state index in [0.717, 1.165) is 0 Å². The van der Waals surface area contributed by atoms with Gasteiger partial charge in [-0.3, -0.25) is 4.79 Å². The number of carbonyl (C=O) groups is 1. The normalized spacial score (nSPS) is 13.8. The molecule has 1 atom stereocenters. The van der Waals surface area contributed by atoms with Crippen LogP contribution in [0.1, 0.15) is 19.8 Å². The van der Waals surface area contributed by atoms with Crippen LogP contribution in [0.25, 0.3) is 0 Å². The second-order valence-electron chi connectivity index (χ2n) is 4.64. The molecule has 0 bridgehead atoms. The fourth-order valence-corrected chi connectivity index (χ4v) is 1.62. The van der Waals surface area contributed by atoms with Crippen molar-refractivity contribution in [2.45, 2.75) is 25.3 Å². The molecule has 2 N–H and O–H groups in total. The van der Waals surface area contributed by atoms with Gasteiger partial charge in [0.2, 0.25) is 11.6 Å². The van der Waals surface area contributed by atoms with Crippen LogP contribution in [0.2, 0.25) is 0 Å². The van der Waals surface area contributed by atoms with E-state index >= 15 is 0 Å². The van der Waals surface area contributed by atoms with Crippen molar-refractivity contribution in [2.75, 3.05) is 13.7 Å². The second kappa shape index (κ2) is 6.75. The van der Waals surface area contributed by atoms with E-state index in [9.17, 15) is 22.4 Å². The molecule has 1 unspecified atom stereocenters. The Kier molecular flexibility index (Phi) is 5.54. The first-order chi connectivity index (χ1) is 9.73. The van der Waals surface area contributed by atoms with Gasteiger partial charge in [-0.15, -0.1) is 0 Å². The van der Waals surface area contributed by atoms with Crippen molar-refractivity contribution < 1.29 is 32.2 Å². The largest absolute Gasteiger partial charge is 0.487 e. The van der Waals surface area contributed by atoms with Gasteiger partial charge < -0.3 is 15.2 Å².